The molecule has 0 bridgehead atoms. The quantitative estimate of drug-likeness (QED) is 0.767. The fourth-order valence-electron chi connectivity index (χ4n) is 1.89. The zero-order valence-electron chi connectivity index (χ0n) is 11.5. The summed E-state index contributed by atoms with van der Waals surface area (Å²) in [7, 11) is 0. The van der Waals surface area contributed by atoms with Crippen LogP contribution >= 0.6 is 27.5 Å². The predicted molar refractivity (Wildman–Crippen MR) is 89.3 cm³/mol. The van der Waals surface area contributed by atoms with Crippen molar-refractivity contribution in [2.24, 2.45) is 0 Å². The van der Waals surface area contributed by atoms with Gasteiger partial charge in [0.15, 0.2) is 0 Å². The van der Waals surface area contributed by atoms with E-state index in [1.165, 1.54) is 0 Å². The first kappa shape index (κ1) is 15.9. The first-order chi connectivity index (χ1) is 10.1. The molecular weight excluding hydrogens is 354 g/mol. The van der Waals surface area contributed by atoms with Crippen molar-refractivity contribution < 1.29 is 9.53 Å². The monoisotopic (exact) mass is 367 g/mol. The number of carbonyl (C=O) groups is 1. The fraction of sp³-hybridized carbons (Fsp3) is 0.188. The van der Waals surface area contributed by atoms with E-state index in [0.717, 1.165) is 15.8 Å². The van der Waals surface area contributed by atoms with Crippen LogP contribution in [0.2, 0.25) is 0 Å². The van der Waals surface area contributed by atoms with E-state index in [4.69, 9.17) is 16.3 Å². The van der Waals surface area contributed by atoms with E-state index < -0.39 is 0 Å². The second kappa shape index (κ2) is 7.48. The smallest absolute Gasteiger partial charge is 0.255 e. The third kappa shape index (κ3) is 4.22. The van der Waals surface area contributed by atoms with Crippen molar-refractivity contribution in [2.75, 3.05) is 11.9 Å². The van der Waals surface area contributed by atoms with E-state index in [-0.39, 0.29) is 5.91 Å². The Kier molecular flexibility index (Phi) is 5.65. The summed E-state index contributed by atoms with van der Waals surface area (Å²) in [6, 6.07) is 12.7. The van der Waals surface area contributed by atoms with Gasteiger partial charge in [-0.05, 0) is 43.3 Å². The Morgan fingerprint density at radius 1 is 1.29 bits per heavy atom. The van der Waals surface area contributed by atoms with Crippen molar-refractivity contribution in [1.82, 2.24) is 0 Å². The van der Waals surface area contributed by atoms with Crippen LogP contribution in [-0.2, 0) is 5.88 Å². The number of nitrogens with one attached hydrogen (secondary N) is 1. The Hall–Kier alpha value is -1.52. The maximum atomic E-state index is 12.2. The molecule has 0 aromatic heterocycles. The van der Waals surface area contributed by atoms with E-state index >= 15 is 0 Å². The van der Waals surface area contributed by atoms with Crippen LogP contribution in [0.4, 0.5) is 5.69 Å². The first-order valence-corrected chi connectivity index (χ1v) is 7.85. The summed E-state index contributed by atoms with van der Waals surface area (Å²) in [6.45, 7) is 2.49. The van der Waals surface area contributed by atoms with Crippen molar-refractivity contribution in [3.63, 3.8) is 0 Å². The minimum Gasteiger partial charge on any atom is -0.494 e. The highest BCUT2D eigenvalue weighted by Gasteiger charge is 2.09. The minimum absolute atomic E-state index is 0.166. The van der Waals surface area contributed by atoms with Gasteiger partial charge in [0.25, 0.3) is 5.91 Å². The second-order valence-electron chi connectivity index (χ2n) is 4.35. The molecule has 1 N–H and O–H groups in total. The van der Waals surface area contributed by atoms with Gasteiger partial charge in [-0.1, -0.05) is 22.0 Å². The number of halogens is 2. The predicted octanol–water partition coefficient (Wildman–Crippen LogP) is 4.84. The molecule has 0 saturated carbocycles. The van der Waals surface area contributed by atoms with Crippen LogP contribution in [0.5, 0.6) is 5.75 Å². The molecule has 2 aromatic rings. The van der Waals surface area contributed by atoms with E-state index in [0.29, 0.717) is 23.7 Å². The van der Waals surface area contributed by atoms with Crippen LogP contribution in [0.15, 0.2) is 46.9 Å². The summed E-state index contributed by atoms with van der Waals surface area (Å²) in [4.78, 5) is 12.2. The lowest BCUT2D eigenvalue weighted by Gasteiger charge is -2.11. The number of alkyl halides is 1. The molecule has 0 aliphatic rings. The van der Waals surface area contributed by atoms with Gasteiger partial charge in [-0.2, -0.15) is 0 Å². The molecule has 0 radical (unpaired) electrons. The Balaban J connectivity index is 2.17. The number of hydrogen-bond donors (Lipinski definition) is 1. The van der Waals surface area contributed by atoms with Crippen molar-refractivity contribution >= 4 is 39.1 Å². The van der Waals surface area contributed by atoms with E-state index in [1.807, 2.05) is 31.2 Å². The summed E-state index contributed by atoms with van der Waals surface area (Å²) in [6.07, 6.45) is 0. The highest BCUT2D eigenvalue weighted by molar-refractivity contribution is 9.10. The van der Waals surface area contributed by atoms with Gasteiger partial charge < -0.3 is 10.1 Å². The molecule has 110 valence electrons. The molecule has 3 nitrogen and oxygen atoms in total. The molecule has 0 fully saturated rings. The Morgan fingerprint density at radius 3 is 2.76 bits per heavy atom. The average Bonchev–Trinajstić information content (AvgIpc) is 2.49. The summed E-state index contributed by atoms with van der Waals surface area (Å²) in [5.41, 5.74) is 2.13. The second-order valence-corrected chi connectivity index (χ2v) is 5.54. The summed E-state index contributed by atoms with van der Waals surface area (Å²) in [5.74, 6) is 0.907. The highest BCUT2D eigenvalue weighted by Crippen LogP contribution is 2.25. The molecule has 0 aliphatic heterocycles. The van der Waals surface area contributed by atoms with Crippen LogP contribution in [0.1, 0.15) is 22.8 Å². The van der Waals surface area contributed by atoms with Gasteiger partial charge in [0.05, 0.1) is 12.5 Å². The molecule has 2 rings (SSSR count). The molecule has 1 amide bonds. The standard InChI is InChI=1S/C16H15BrClNO2/c1-2-21-15-7-6-14(9-12(15)10-18)19-16(20)11-4-3-5-13(17)8-11/h3-9H,2,10H2,1H3,(H,19,20). The number of hydrogen-bond acceptors (Lipinski definition) is 2. The largest absolute Gasteiger partial charge is 0.494 e. The molecule has 21 heavy (non-hydrogen) atoms. The highest BCUT2D eigenvalue weighted by atomic mass is 79.9. The van der Waals surface area contributed by atoms with Crippen LogP contribution in [0.3, 0.4) is 0 Å². The first-order valence-electron chi connectivity index (χ1n) is 6.52. The SMILES string of the molecule is CCOc1ccc(NC(=O)c2cccc(Br)c2)cc1CCl. The molecular formula is C16H15BrClNO2. The van der Waals surface area contributed by atoms with Crippen LogP contribution < -0.4 is 10.1 Å². The third-order valence-corrected chi connectivity index (χ3v) is 3.63. The lowest BCUT2D eigenvalue weighted by atomic mass is 10.1. The van der Waals surface area contributed by atoms with Crippen LogP contribution in [-0.4, -0.2) is 12.5 Å². The topological polar surface area (TPSA) is 38.3 Å². The van der Waals surface area contributed by atoms with Gasteiger partial charge in [-0.25, -0.2) is 0 Å². The third-order valence-electron chi connectivity index (χ3n) is 2.85. The number of benzene rings is 2. The van der Waals surface area contributed by atoms with E-state index in [9.17, 15) is 4.79 Å². The number of carbonyl (C=O) groups excluding carboxylic acids is 1. The van der Waals surface area contributed by atoms with Crippen molar-refractivity contribution in [1.29, 1.82) is 0 Å². The molecule has 0 spiro atoms. The fourth-order valence-corrected chi connectivity index (χ4v) is 2.50. The van der Waals surface area contributed by atoms with Crippen LogP contribution in [0, 0.1) is 0 Å². The summed E-state index contributed by atoms with van der Waals surface area (Å²) in [5, 5.41) is 2.86. The lowest BCUT2D eigenvalue weighted by molar-refractivity contribution is 0.102. The van der Waals surface area contributed by atoms with Gasteiger partial charge in [0, 0.05) is 21.3 Å². The summed E-state index contributed by atoms with van der Waals surface area (Å²) < 4.78 is 6.35. The lowest BCUT2D eigenvalue weighted by Crippen LogP contribution is -2.12. The normalized spacial score (nSPS) is 10.2. The molecule has 2 aromatic carbocycles. The zero-order valence-corrected chi connectivity index (χ0v) is 13.9. The number of rotatable bonds is 5. The molecule has 0 unspecified atom stereocenters. The Bertz CT molecular complexity index is 646. The summed E-state index contributed by atoms with van der Waals surface area (Å²) >= 11 is 9.27. The van der Waals surface area contributed by atoms with Gasteiger partial charge in [0.2, 0.25) is 0 Å². The van der Waals surface area contributed by atoms with Crippen molar-refractivity contribution in [3.8, 4) is 5.75 Å². The Labute approximate surface area is 137 Å². The van der Waals surface area contributed by atoms with Gasteiger partial charge in [-0.3, -0.25) is 4.79 Å². The van der Waals surface area contributed by atoms with Gasteiger partial charge in [-0.15, -0.1) is 11.6 Å². The number of amides is 1. The number of anilines is 1. The molecule has 0 aliphatic carbocycles. The van der Waals surface area contributed by atoms with Crippen molar-refractivity contribution in [3.05, 3.63) is 58.1 Å². The zero-order chi connectivity index (χ0) is 15.2. The van der Waals surface area contributed by atoms with E-state index in [1.54, 1.807) is 18.2 Å². The number of ether oxygens (including phenoxy) is 1. The maximum Gasteiger partial charge on any atom is 0.255 e. The maximum absolute atomic E-state index is 12.2. The van der Waals surface area contributed by atoms with Crippen molar-refractivity contribution in [2.45, 2.75) is 12.8 Å². The average molecular weight is 369 g/mol. The minimum atomic E-state index is -0.166. The molecule has 0 saturated heterocycles. The van der Waals surface area contributed by atoms with Gasteiger partial charge >= 0.3 is 0 Å². The van der Waals surface area contributed by atoms with E-state index in [2.05, 4.69) is 21.2 Å². The molecule has 0 heterocycles. The molecule has 0 atom stereocenters. The van der Waals surface area contributed by atoms with Gasteiger partial charge in [0.1, 0.15) is 5.75 Å². The van der Waals surface area contributed by atoms with Crippen LogP contribution in [0.25, 0.3) is 0 Å². The molecule has 5 heteroatoms. The Morgan fingerprint density at radius 2 is 2.10 bits per heavy atom.